The van der Waals surface area contributed by atoms with Crippen LogP contribution in [0.15, 0.2) is 60.0 Å². The number of benzene rings is 2. The SMILES string of the molecule is CN(C)CCN(Cc1ccc(C(=O)Nc2cc(-c3cccs3)ccc2N)cc1)C(=O)CC[Si](C)(C)C. The summed E-state index contributed by atoms with van der Waals surface area (Å²) in [7, 11) is 2.74. The minimum absolute atomic E-state index is 0.196. The van der Waals surface area contributed by atoms with Gasteiger partial charge in [0.15, 0.2) is 0 Å². The van der Waals surface area contributed by atoms with E-state index in [4.69, 9.17) is 5.73 Å². The first-order valence-electron chi connectivity index (χ1n) is 12.3. The van der Waals surface area contributed by atoms with E-state index in [1.54, 1.807) is 23.5 Å². The summed E-state index contributed by atoms with van der Waals surface area (Å²) in [5, 5.41) is 4.97. The topological polar surface area (TPSA) is 78.7 Å². The van der Waals surface area contributed by atoms with Gasteiger partial charge in [-0.2, -0.15) is 0 Å². The van der Waals surface area contributed by atoms with Crippen molar-refractivity contribution in [2.75, 3.05) is 38.2 Å². The fraction of sp³-hybridized carbons (Fsp3) is 0.357. The number of nitrogens with two attached hydrogens (primary N) is 1. The molecule has 0 unspecified atom stereocenters. The van der Waals surface area contributed by atoms with E-state index in [9.17, 15) is 9.59 Å². The molecule has 0 spiro atoms. The number of carbonyl (C=O) groups is 2. The fourth-order valence-corrected chi connectivity index (χ4v) is 5.38. The average Bonchev–Trinajstić information content (AvgIpc) is 3.36. The number of rotatable bonds is 11. The van der Waals surface area contributed by atoms with Crippen molar-refractivity contribution in [3.63, 3.8) is 0 Å². The zero-order chi connectivity index (χ0) is 26.3. The monoisotopic (exact) mass is 522 g/mol. The van der Waals surface area contributed by atoms with Crippen LogP contribution in [0.3, 0.4) is 0 Å². The molecule has 0 saturated carbocycles. The molecule has 0 aliphatic carbocycles. The third-order valence-corrected chi connectivity index (χ3v) is 8.62. The van der Waals surface area contributed by atoms with E-state index in [1.165, 1.54) is 0 Å². The van der Waals surface area contributed by atoms with Gasteiger partial charge in [0.25, 0.3) is 5.91 Å². The summed E-state index contributed by atoms with van der Waals surface area (Å²) in [4.78, 5) is 31.1. The first kappa shape index (κ1) is 27.6. The van der Waals surface area contributed by atoms with Gasteiger partial charge in [-0.05, 0) is 67.0 Å². The van der Waals surface area contributed by atoms with Crippen LogP contribution < -0.4 is 11.1 Å². The molecule has 3 rings (SSSR count). The summed E-state index contributed by atoms with van der Waals surface area (Å²) < 4.78 is 0. The van der Waals surface area contributed by atoms with Gasteiger partial charge in [0.05, 0.1) is 11.4 Å². The number of nitrogens with one attached hydrogen (secondary N) is 1. The summed E-state index contributed by atoms with van der Waals surface area (Å²) in [6.45, 7) is 8.90. The van der Waals surface area contributed by atoms with Crippen LogP contribution in [0.1, 0.15) is 22.3 Å². The smallest absolute Gasteiger partial charge is 0.255 e. The molecule has 0 aliphatic rings. The minimum Gasteiger partial charge on any atom is -0.397 e. The number of nitrogens with zero attached hydrogens (tertiary/aromatic N) is 2. The van der Waals surface area contributed by atoms with Crippen LogP contribution in [0, 0.1) is 0 Å². The lowest BCUT2D eigenvalue weighted by Crippen LogP contribution is -2.37. The molecule has 2 amide bonds. The van der Waals surface area contributed by atoms with Crippen molar-refractivity contribution in [3.8, 4) is 10.4 Å². The summed E-state index contributed by atoms with van der Waals surface area (Å²) in [6.07, 6.45) is 0.593. The Kier molecular flexibility index (Phi) is 9.47. The lowest BCUT2D eigenvalue weighted by Gasteiger charge is -2.26. The van der Waals surface area contributed by atoms with Crippen molar-refractivity contribution in [2.45, 2.75) is 38.7 Å². The van der Waals surface area contributed by atoms with Gasteiger partial charge in [0, 0.05) is 44.6 Å². The Bertz CT molecular complexity index is 1160. The molecule has 0 fully saturated rings. The molecule has 3 aromatic rings. The molecule has 0 saturated heterocycles. The van der Waals surface area contributed by atoms with Crippen molar-refractivity contribution >= 4 is 42.6 Å². The van der Waals surface area contributed by atoms with Crippen molar-refractivity contribution in [1.82, 2.24) is 9.80 Å². The van der Waals surface area contributed by atoms with Crippen LogP contribution in [-0.2, 0) is 11.3 Å². The quantitative estimate of drug-likeness (QED) is 0.244. The summed E-state index contributed by atoms with van der Waals surface area (Å²) >= 11 is 1.64. The van der Waals surface area contributed by atoms with E-state index < -0.39 is 8.07 Å². The maximum absolute atomic E-state index is 13.0. The number of amides is 2. The van der Waals surface area contributed by atoms with Crippen LogP contribution >= 0.6 is 11.3 Å². The maximum Gasteiger partial charge on any atom is 0.255 e. The van der Waals surface area contributed by atoms with E-state index >= 15 is 0 Å². The number of hydrogen-bond acceptors (Lipinski definition) is 5. The van der Waals surface area contributed by atoms with Crippen molar-refractivity contribution in [2.24, 2.45) is 0 Å². The van der Waals surface area contributed by atoms with E-state index in [0.717, 1.165) is 28.6 Å². The number of thiophene rings is 1. The Balaban J connectivity index is 1.67. The Hall–Kier alpha value is -2.94. The van der Waals surface area contributed by atoms with Crippen molar-refractivity contribution in [1.29, 1.82) is 0 Å². The zero-order valence-corrected chi connectivity index (χ0v) is 23.8. The Morgan fingerprint density at radius 2 is 1.72 bits per heavy atom. The van der Waals surface area contributed by atoms with Gasteiger partial charge in [0.1, 0.15) is 0 Å². The third kappa shape index (κ3) is 8.32. The van der Waals surface area contributed by atoms with Gasteiger partial charge in [-0.25, -0.2) is 0 Å². The Morgan fingerprint density at radius 1 is 1.00 bits per heavy atom. The van der Waals surface area contributed by atoms with Gasteiger partial charge in [-0.3, -0.25) is 9.59 Å². The van der Waals surface area contributed by atoms with Crippen molar-refractivity contribution in [3.05, 3.63) is 71.1 Å². The van der Waals surface area contributed by atoms with E-state index in [1.807, 2.05) is 66.8 Å². The van der Waals surface area contributed by atoms with E-state index in [0.29, 0.717) is 36.4 Å². The molecule has 1 aromatic heterocycles. The van der Waals surface area contributed by atoms with E-state index in [-0.39, 0.29) is 11.8 Å². The zero-order valence-electron chi connectivity index (χ0n) is 22.0. The number of carbonyl (C=O) groups excluding carboxylic acids is 2. The molecule has 0 radical (unpaired) electrons. The molecular formula is C28H38N4O2SSi. The first-order valence-corrected chi connectivity index (χ1v) is 16.9. The number of anilines is 2. The van der Waals surface area contributed by atoms with Gasteiger partial charge >= 0.3 is 0 Å². The third-order valence-electron chi connectivity index (χ3n) is 5.96. The molecule has 192 valence electrons. The average molecular weight is 523 g/mol. The Labute approximate surface area is 220 Å². The summed E-state index contributed by atoms with van der Waals surface area (Å²) in [6, 6.07) is 18.2. The predicted octanol–water partition coefficient (Wildman–Crippen LogP) is 5.87. The van der Waals surface area contributed by atoms with Gasteiger partial charge < -0.3 is 20.9 Å². The van der Waals surface area contributed by atoms with Gasteiger partial charge in [-0.1, -0.05) is 43.9 Å². The molecule has 8 heteroatoms. The highest BCUT2D eigenvalue weighted by Crippen LogP contribution is 2.30. The highest BCUT2D eigenvalue weighted by atomic mass is 32.1. The number of likely N-dealkylation sites (N-methyl/N-ethyl adjacent to an activating group) is 1. The highest BCUT2D eigenvalue weighted by molar-refractivity contribution is 7.13. The van der Waals surface area contributed by atoms with Crippen LogP contribution in [0.4, 0.5) is 11.4 Å². The second-order valence-electron chi connectivity index (χ2n) is 10.6. The van der Waals surface area contributed by atoms with Crippen LogP contribution in [0.25, 0.3) is 10.4 Å². The minimum atomic E-state index is -1.29. The molecule has 0 atom stereocenters. The predicted molar refractivity (Wildman–Crippen MR) is 155 cm³/mol. The maximum atomic E-state index is 13.0. The first-order chi connectivity index (χ1) is 17.0. The largest absolute Gasteiger partial charge is 0.397 e. The lowest BCUT2D eigenvalue weighted by atomic mass is 10.1. The molecule has 3 N–H and O–H groups in total. The second kappa shape index (κ2) is 12.3. The van der Waals surface area contributed by atoms with Crippen molar-refractivity contribution < 1.29 is 9.59 Å². The fourth-order valence-electron chi connectivity index (χ4n) is 3.69. The summed E-state index contributed by atoms with van der Waals surface area (Å²) in [5.41, 5.74) is 9.81. The Morgan fingerprint density at radius 3 is 2.33 bits per heavy atom. The van der Waals surface area contributed by atoms with Gasteiger partial charge in [0.2, 0.25) is 5.91 Å². The summed E-state index contributed by atoms with van der Waals surface area (Å²) in [5.74, 6) is -0.0190. The lowest BCUT2D eigenvalue weighted by molar-refractivity contribution is -0.131. The second-order valence-corrected chi connectivity index (χ2v) is 17.2. The van der Waals surface area contributed by atoms with Crippen LogP contribution in [0.5, 0.6) is 0 Å². The highest BCUT2D eigenvalue weighted by Gasteiger charge is 2.20. The molecule has 2 aromatic carbocycles. The van der Waals surface area contributed by atoms with E-state index in [2.05, 4.69) is 29.9 Å². The molecule has 1 heterocycles. The normalized spacial score (nSPS) is 11.5. The molecule has 36 heavy (non-hydrogen) atoms. The molecule has 6 nitrogen and oxygen atoms in total. The number of hydrogen-bond donors (Lipinski definition) is 2. The van der Waals surface area contributed by atoms with Crippen LogP contribution in [-0.4, -0.2) is 56.9 Å². The van der Waals surface area contributed by atoms with Gasteiger partial charge in [-0.15, -0.1) is 11.3 Å². The molecule has 0 bridgehead atoms. The molecule has 0 aliphatic heterocycles. The standard InChI is InChI=1S/C28H38N4O2SSi/c1-31(2)15-16-32(27(33)14-18-36(3,4)5)20-21-8-10-22(11-9-21)28(34)30-25-19-23(12-13-24(25)29)26-7-6-17-35-26/h6-13,17,19H,14-16,18,20,29H2,1-5H3,(H,30,34). The van der Waals surface area contributed by atoms with Crippen LogP contribution in [0.2, 0.25) is 25.7 Å². The molecular weight excluding hydrogens is 484 g/mol. The number of nitrogen functional groups attached to an aromatic ring is 1.